The third kappa shape index (κ3) is 2.22. The molecule has 0 aliphatic carbocycles. The molecule has 2 aliphatic rings. The molecule has 2 aliphatic heterocycles. The van der Waals surface area contributed by atoms with Crippen LogP contribution in [0.4, 0.5) is 10.5 Å². The number of unbranched alkanes of at least 4 members (excludes halogenated alkanes) is 2. The molecule has 1 unspecified atom stereocenters. The van der Waals surface area contributed by atoms with Crippen molar-refractivity contribution in [1.29, 1.82) is 0 Å². The number of carbonyl (C=O) groups is 2. The molecule has 3 amide bonds. The Labute approximate surface area is 143 Å². The fourth-order valence-corrected chi connectivity index (χ4v) is 3.61. The van der Waals surface area contributed by atoms with Crippen LogP contribution in [0.2, 0.25) is 0 Å². The number of nitrogens with zero attached hydrogens (tertiary/aromatic N) is 2. The van der Waals surface area contributed by atoms with Gasteiger partial charge in [0.05, 0.1) is 5.70 Å². The van der Waals surface area contributed by atoms with Gasteiger partial charge in [-0.05, 0) is 18.9 Å². The lowest BCUT2D eigenvalue weighted by atomic mass is 9.87. The Balaban J connectivity index is 2.14. The molecule has 24 heavy (non-hydrogen) atoms. The molecule has 0 radical (unpaired) electrons. The van der Waals surface area contributed by atoms with Crippen LogP contribution in [0.3, 0.4) is 0 Å². The van der Waals surface area contributed by atoms with Crippen LogP contribution in [-0.4, -0.2) is 30.4 Å². The molecule has 1 N–H and O–H groups in total. The number of carbonyl (C=O) groups excluding carboxylic acids is 2. The van der Waals surface area contributed by atoms with E-state index >= 15 is 0 Å². The van der Waals surface area contributed by atoms with Crippen molar-refractivity contribution < 1.29 is 9.59 Å². The van der Waals surface area contributed by atoms with Gasteiger partial charge in [-0.15, -0.1) is 0 Å². The first-order valence-electron chi connectivity index (χ1n) is 8.75. The van der Waals surface area contributed by atoms with Gasteiger partial charge >= 0.3 is 6.03 Å². The van der Waals surface area contributed by atoms with Gasteiger partial charge < -0.3 is 10.2 Å². The molecule has 1 aromatic carbocycles. The SMILES string of the molecule is CCC/C=C1/N(CCCC)C(=O)NC12C(=O)N(C)c1ccccc12. The zero-order valence-corrected chi connectivity index (χ0v) is 14.6. The van der Waals surface area contributed by atoms with Gasteiger partial charge in [-0.25, -0.2) is 4.79 Å². The minimum absolute atomic E-state index is 0.0848. The van der Waals surface area contributed by atoms with Crippen molar-refractivity contribution >= 4 is 17.6 Å². The van der Waals surface area contributed by atoms with E-state index in [1.54, 1.807) is 16.8 Å². The van der Waals surface area contributed by atoms with E-state index in [-0.39, 0.29) is 11.9 Å². The summed E-state index contributed by atoms with van der Waals surface area (Å²) >= 11 is 0. The van der Waals surface area contributed by atoms with Crippen LogP contribution in [0, 0.1) is 0 Å². The highest BCUT2D eigenvalue weighted by Gasteiger charge is 2.59. The minimum Gasteiger partial charge on any atom is -0.314 e. The lowest BCUT2D eigenvalue weighted by molar-refractivity contribution is -0.122. The molecule has 1 atom stereocenters. The molecular formula is C19H25N3O2. The fraction of sp³-hybridized carbons (Fsp3) is 0.474. The topological polar surface area (TPSA) is 52.7 Å². The highest BCUT2D eigenvalue weighted by Crippen LogP contribution is 2.47. The van der Waals surface area contributed by atoms with Crippen molar-refractivity contribution in [2.24, 2.45) is 0 Å². The number of likely N-dealkylation sites (N-methyl/N-ethyl adjacent to an activating group) is 1. The number of para-hydroxylation sites is 1. The number of rotatable bonds is 5. The summed E-state index contributed by atoms with van der Waals surface area (Å²) in [7, 11) is 1.77. The van der Waals surface area contributed by atoms with E-state index in [0.29, 0.717) is 6.54 Å². The lowest BCUT2D eigenvalue weighted by Gasteiger charge is -2.26. The van der Waals surface area contributed by atoms with E-state index in [1.807, 2.05) is 24.3 Å². The number of anilines is 1. The Kier molecular flexibility index (Phi) is 4.35. The number of urea groups is 1. The summed E-state index contributed by atoms with van der Waals surface area (Å²) in [6.45, 7) is 4.84. The van der Waals surface area contributed by atoms with E-state index in [1.165, 1.54) is 0 Å². The second kappa shape index (κ2) is 6.30. The minimum atomic E-state index is -1.06. The maximum absolute atomic E-state index is 13.2. The standard InChI is InChI=1S/C19H25N3O2/c1-4-6-12-16-19(20-18(24)22(16)13-7-5-2)14-10-8-9-11-15(14)21(3)17(19)23/h8-12H,4-7,13H2,1-3H3,(H,20,24)/b16-12+. The van der Waals surface area contributed by atoms with Crippen LogP contribution < -0.4 is 10.2 Å². The van der Waals surface area contributed by atoms with E-state index < -0.39 is 5.54 Å². The van der Waals surface area contributed by atoms with Crippen LogP contribution in [0.1, 0.15) is 45.1 Å². The molecule has 2 heterocycles. The van der Waals surface area contributed by atoms with Crippen molar-refractivity contribution in [3.63, 3.8) is 0 Å². The van der Waals surface area contributed by atoms with E-state index in [9.17, 15) is 9.59 Å². The van der Waals surface area contributed by atoms with Gasteiger partial charge in [0, 0.05) is 24.8 Å². The van der Waals surface area contributed by atoms with Crippen LogP contribution in [-0.2, 0) is 10.3 Å². The second-order valence-electron chi connectivity index (χ2n) is 6.44. The van der Waals surface area contributed by atoms with E-state index in [4.69, 9.17) is 0 Å². The number of hydrogen-bond donors (Lipinski definition) is 1. The molecule has 1 spiro atoms. The normalized spacial score (nSPS) is 24.2. The molecule has 1 aromatic rings. The van der Waals surface area contributed by atoms with E-state index in [2.05, 4.69) is 25.2 Å². The smallest absolute Gasteiger partial charge is 0.314 e. The van der Waals surface area contributed by atoms with Crippen LogP contribution >= 0.6 is 0 Å². The van der Waals surface area contributed by atoms with Crippen molar-refractivity contribution in [1.82, 2.24) is 10.2 Å². The van der Waals surface area contributed by atoms with Crippen molar-refractivity contribution in [2.75, 3.05) is 18.5 Å². The van der Waals surface area contributed by atoms with Crippen molar-refractivity contribution in [3.05, 3.63) is 41.6 Å². The molecule has 0 saturated carbocycles. The number of hydrogen-bond acceptors (Lipinski definition) is 2. The van der Waals surface area contributed by atoms with Crippen molar-refractivity contribution in [2.45, 2.75) is 45.1 Å². The first-order chi connectivity index (χ1) is 11.6. The van der Waals surface area contributed by atoms with E-state index in [0.717, 1.165) is 42.6 Å². The Morgan fingerprint density at radius 1 is 1.17 bits per heavy atom. The summed E-state index contributed by atoms with van der Waals surface area (Å²) in [5.41, 5.74) is 1.46. The zero-order chi connectivity index (χ0) is 17.3. The second-order valence-corrected chi connectivity index (χ2v) is 6.44. The third-order valence-electron chi connectivity index (χ3n) is 4.87. The molecular weight excluding hydrogens is 302 g/mol. The number of allylic oxidation sites excluding steroid dienone is 1. The summed E-state index contributed by atoms with van der Waals surface area (Å²) in [4.78, 5) is 29.3. The predicted molar refractivity (Wildman–Crippen MR) is 94.7 cm³/mol. The predicted octanol–water partition coefficient (Wildman–Crippen LogP) is 3.37. The fourth-order valence-electron chi connectivity index (χ4n) is 3.61. The summed E-state index contributed by atoms with van der Waals surface area (Å²) < 4.78 is 0. The third-order valence-corrected chi connectivity index (χ3v) is 4.87. The van der Waals surface area contributed by atoms with Gasteiger partial charge in [0.1, 0.15) is 0 Å². The Morgan fingerprint density at radius 2 is 1.92 bits per heavy atom. The lowest BCUT2D eigenvalue weighted by Crippen LogP contribution is -2.47. The molecule has 5 nitrogen and oxygen atoms in total. The van der Waals surface area contributed by atoms with Gasteiger partial charge in [-0.2, -0.15) is 0 Å². The summed E-state index contributed by atoms with van der Waals surface area (Å²) in [6.07, 6.45) is 5.79. The average molecular weight is 327 g/mol. The average Bonchev–Trinajstić information content (AvgIpc) is 2.99. The molecule has 3 rings (SSSR count). The Morgan fingerprint density at radius 3 is 2.62 bits per heavy atom. The maximum atomic E-state index is 13.2. The Bertz CT molecular complexity index is 698. The molecule has 1 saturated heterocycles. The molecule has 0 bridgehead atoms. The first kappa shape index (κ1) is 16.6. The number of fused-ring (bicyclic) bond motifs is 2. The van der Waals surface area contributed by atoms with Crippen molar-refractivity contribution in [3.8, 4) is 0 Å². The molecule has 0 aromatic heterocycles. The van der Waals surface area contributed by atoms with Gasteiger partial charge in [0.15, 0.2) is 5.54 Å². The monoisotopic (exact) mass is 327 g/mol. The summed E-state index contributed by atoms with van der Waals surface area (Å²) in [6, 6.07) is 7.54. The van der Waals surface area contributed by atoms with Gasteiger partial charge in [-0.1, -0.05) is 51.0 Å². The largest absolute Gasteiger partial charge is 0.323 e. The Hall–Kier alpha value is -2.30. The first-order valence-corrected chi connectivity index (χ1v) is 8.75. The number of nitrogens with one attached hydrogen (secondary N) is 1. The number of benzene rings is 1. The summed E-state index contributed by atoms with van der Waals surface area (Å²) in [5, 5.41) is 3.01. The molecule has 128 valence electrons. The highest BCUT2D eigenvalue weighted by molar-refractivity contribution is 6.13. The highest BCUT2D eigenvalue weighted by atomic mass is 16.2. The van der Waals surface area contributed by atoms with Gasteiger partial charge in [-0.3, -0.25) is 9.69 Å². The van der Waals surface area contributed by atoms with Crippen LogP contribution in [0.15, 0.2) is 36.0 Å². The quantitative estimate of drug-likeness (QED) is 0.901. The number of amides is 3. The zero-order valence-electron chi connectivity index (χ0n) is 14.6. The van der Waals surface area contributed by atoms with Crippen LogP contribution in [0.25, 0.3) is 0 Å². The van der Waals surface area contributed by atoms with Gasteiger partial charge in [0.2, 0.25) is 0 Å². The molecule has 5 heteroatoms. The summed E-state index contributed by atoms with van der Waals surface area (Å²) in [5.74, 6) is -0.0848. The van der Waals surface area contributed by atoms with Gasteiger partial charge in [0.25, 0.3) is 5.91 Å². The molecule has 1 fully saturated rings. The maximum Gasteiger partial charge on any atom is 0.323 e. The van der Waals surface area contributed by atoms with Crippen LogP contribution in [0.5, 0.6) is 0 Å².